The molecule has 0 aromatic heterocycles. The van der Waals surface area contributed by atoms with E-state index in [0.29, 0.717) is 0 Å². The van der Waals surface area contributed by atoms with Crippen molar-refractivity contribution in [2.75, 3.05) is 0 Å². The fourth-order valence-corrected chi connectivity index (χ4v) is 2.10. The van der Waals surface area contributed by atoms with Crippen LogP contribution in [0.15, 0.2) is 35.4 Å². The zero-order valence-electron chi connectivity index (χ0n) is 11.5. The summed E-state index contributed by atoms with van der Waals surface area (Å²) in [6.45, 7) is 1.80. The van der Waals surface area contributed by atoms with Crippen LogP contribution in [-0.4, -0.2) is 22.3 Å². The van der Waals surface area contributed by atoms with Crippen molar-refractivity contribution in [1.82, 2.24) is 5.43 Å². The SMILES string of the molecule is Cc1ccc(C(=O)NN=Cc2c(Cl)ccc(Cl)c2O)c(O)c1. The lowest BCUT2D eigenvalue weighted by Crippen LogP contribution is -2.17. The Morgan fingerprint density at radius 1 is 1.18 bits per heavy atom. The van der Waals surface area contributed by atoms with E-state index in [1.807, 2.05) is 0 Å². The minimum absolute atomic E-state index is 0.0872. The van der Waals surface area contributed by atoms with Crippen LogP contribution >= 0.6 is 23.2 Å². The van der Waals surface area contributed by atoms with Gasteiger partial charge in [0.1, 0.15) is 11.5 Å². The summed E-state index contributed by atoms with van der Waals surface area (Å²) in [7, 11) is 0. The van der Waals surface area contributed by atoms with Gasteiger partial charge in [-0.1, -0.05) is 29.3 Å². The highest BCUT2D eigenvalue weighted by molar-refractivity contribution is 6.36. The van der Waals surface area contributed by atoms with Crippen molar-refractivity contribution >= 4 is 35.3 Å². The third-order valence-corrected chi connectivity index (χ3v) is 3.51. The Bertz CT molecular complexity index is 761. The van der Waals surface area contributed by atoms with Crippen LogP contribution in [0.3, 0.4) is 0 Å². The van der Waals surface area contributed by atoms with Gasteiger partial charge in [-0.2, -0.15) is 5.10 Å². The third-order valence-electron chi connectivity index (χ3n) is 2.87. The fourth-order valence-electron chi connectivity index (χ4n) is 1.73. The smallest absolute Gasteiger partial charge is 0.275 e. The average Bonchev–Trinajstić information content (AvgIpc) is 2.46. The number of halogens is 2. The number of hydrogen-bond acceptors (Lipinski definition) is 4. The summed E-state index contributed by atoms with van der Waals surface area (Å²) >= 11 is 11.7. The number of carbonyl (C=O) groups is 1. The number of carbonyl (C=O) groups excluding carboxylic acids is 1. The van der Waals surface area contributed by atoms with E-state index >= 15 is 0 Å². The molecule has 0 unspecified atom stereocenters. The van der Waals surface area contributed by atoms with E-state index in [0.717, 1.165) is 5.56 Å². The second kappa shape index (κ2) is 6.68. The first-order valence-electron chi connectivity index (χ1n) is 6.20. The molecule has 0 atom stereocenters. The van der Waals surface area contributed by atoms with Gasteiger partial charge in [0.2, 0.25) is 0 Å². The molecule has 7 heteroatoms. The van der Waals surface area contributed by atoms with Gasteiger partial charge in [-0.3, -0.25) is 4.79 Å². The van der Waals surface area contributed by atoms with E-state index in [9.17, 15) is 15.0 Å². The van der Waals surface area contributed by atoms with Crippen LogP contribution in [0.5, 0.6) is 11.5 Å². The Morgan fingerprint density at radius 2 is 1.86 bits per heavy atom. The molecule has 0 saturated heterocycles. The minimum atomic E-state index is -0.591. The third kappa shape index (κ3) is 3.50. The molecule has 2 aromatic rings. The van der Waals surface area contributed by atoms with Crippen molar-refractivity contribution in [3.8, 4) is 11.5 Å². The van der Waals surface area contributed by atoms with E-state index in [1.165, 1.54) is 30.5 Å². The molecule has 5 nitrogen and oxygen atoms in total. The molecule has 2 rings (SSSR count). The Labute approximate surface area is 136 Å². The van der Waals surface area contributed by atoms with Crippen LogP contribution in [0.4, 0.5) is 0 Å². The van der Waals surface area contributed by atoms with Crippen molar-refractivity contribution < 1.29 is 15.0 Å². The number of hydrogen-bond donors (Lipinski definition) is 3. The number of nitrogens with one attached hydrogen (secondary N) is 1. The molecule has 0 fully saturated rings. The van der Waals surface area contributed by atoms with Crippen molar-refractivity contribution in [2.45, 2.75) is 6.92 Å². The molecule has 2 aromatic carbocycles. The summed E-state index contributed by atoms with van der Waals surface area (Å²) in [5.74, 6) is -0.965. The Morgan fingerprint density at radius 3 is 2.55 bits per heavy atom. The number of hydrazone groups is 1. The summed E-state index contributed by atoms with van der Waals surface area (Å²) in [6.07, 6.45) is 1.17. The van der Waals surface area contributed by atoms with E-state index in [4.69, 9.17) is 23.2 Å². The van der Waals surface area contributed by atoms with Crippen LogP contribution in [0.25, 0.3) is 0 Å². The number of phenols is 2. The molecule has 0 aliphatic carbocycles. The lowest BCUT2D eigenvalue weighted by molar-refractivity contribution is 0.0952. The van der Waals surface area contributed by atoms with Crippen LogP contribution in [0.2, 0.25) is 10.0 Å². The van der Waals surface area contributed by atoms with E-state index in [2.05, 4.69) is 10.5 Å². The predicted molar refractivity (Wildman–Crippen MR) is 86.0 cm³/mol. The highest BCUT2D eigenvalue weighted by Crippen LogP contribution is 2.31. The maximum atomic E-state index is 11.9. The molecule has 0 radical (unpaired) electrons. The summed E-state index contributed by atoms with van der Waals surface area (Å²) in [4.78, 5) is 11.9. The fraction of sp³-hybridized carbons (Fsp3) is 0.0667. The first kappa shape index (κ1) is 16.1. The molecule has 0 aliphatic rings. The Kier molecular flexibility index (Phi) is 4.90. The van der Waals surface area contributed by atoms with Crippen LogP contribution in [0, 0.1) is 6.92 Å². The normalized spacial score (nSPS) is 10.9. The first-order valence-corrected chi connectivity index (χ1v) is 6.95. The molecule has 3 N–H and O–H groups in total. The molecule has 22 heavy (non-hydrogen) atoms. The lowest BCUT2D eigenvalue weighted by Gasteiger charge is -2.05. The largest absolute Gasteiger partial charge is 0.507 e. The summed E-state index contributed by atoms with van der Waals surface area (Å²) in [5, 5.41) is 23.5. The van der Waals surface area contributed by atoms with Gasteiger partial charge in [0.25, 0.3) is 5.91 Å². The zero-order valence-corrected chi connectivity index (χ0v) is 13.0. The van der Waals surface area contributed by atoms with Crippen LogP contribution < -0.4 is 5.43 Å². The number of phenolic OH excluding ortho intramolecular Hbond substituents is 2. The minimum Gasteiger partial charge on any atom is -0.507 e. The maximum Gasteiger partial charge on any atom is 0.275 e. The van der Waals surface area contributed by atoms with Gasteiger partial charge in [-0.25, -0.2) is 5.43 Å². The van der Waals surface area contributed by atoms with Gasteiger partial charge < -0.3 is 10.2 Å². The van der Waals surface area contributed by atoms with E-state index < -0.39 is 5.91 Å². The highest BCUT2D eigenvalue weighted by Gasteiger charge is 2.11. The molecule has 0 bridgehead atoms. The number of rotatable bonds is 3. The number of amides is 1. The summed E-state index contributed by atoms with van der Waals surface area (Å²) in [5.41, 5.74) is 3.34. The van der Waals surface area contributed by atoms with E-state index in [1.54, 1.807) is 13.0 Å². The summed E-state index contributed by atoms with van der Waals surface area (Å²) in [6, 6.07) is 7.59. The predicted octanol–water partition coefficient (Wildman–Crippen LogP) is 3.48. The molecule has 114 valence electrons. The second-order valence-electron chi connectivity index (χ2n) is 4.51. The quantitative estimate of drug-likeness (QED) is 0.591. The standard InChI is InChI=1S/C15H12Cl2N2O3/c1-8-2-3-9(13(20)6-8)15(22)19-18-7-10-11(16)4-5-12(17)14(10)21/h2-7,20-21H,1H3,(H,19,22). The van der Waals surface area contributed by atoms with Gasteiger partial charge in [0, 0.05) is 0 Å². The number of nitrogens with zero attached hydrogens (tertiary/aromatic N) is 1. The topological polar surface area (TPSA) is 81.9 Å². The average molecular weight is 339 g/mol. The maximum absolute atomic E-state index is 11.9. The van der Waals surface area contributed by atoms with Crippen LogP contribution in [0.1, 0.15) is 21.5 Å². The van der Waals surface area contributed by atoms with Crippen molar-refractivity contribution in [2.24, 2.45) is 5.10 Å². The molecular weight excluding hydrogens is 327 g/mol. The number of aromatic hydroxyl groups is 2. The monoisotopic (exact) mass is 338 g/mol. The van der Waals surface area contributed by atoms with Crippen molar-refractivity contribution in [3.63, 3.8) is 0 Å². The lowest BCUT2D eigenvalue weighted by atomic mass is 10.1. The highest BCUT2D eigenvalue weighted by atomic mass is 35.5. The molecule has 0 heterocycles. The van der Waals surface area contributed by atoms with Crippen molar-refractivity contribution in [3.05, 3.63) is 57.1 Å². The second-order valence-corrected chi connectivity index (χ2v) is 5.33. The zero-order chi connectivity index (χ0) is 16.3. The van der Waals surface area contributed by atoms with Crippen molar-refractivity contribution in [1.29, 1.82) is 0 Å². The van der Waals surface area contributed by atoms with E-state index in [-0.39, 0.29) is 32.7 Å². The first-order chi connectivity index (χ1) is 10.4. The van der Waals surface area contributed by atoms with Crippen LogP contribution in [-0.2, 0) is 0 Å². The molecule has 0 saturated carbocycles. The molecular formula is C15H12Cl2N2O3. The van der Waals surface area contributed by atoms with Gasteiger partial charge >= 0.3 is 0 Å². The van der Waals surface area contributed by atoms with Gasteiger partial charge in [-0.05, 0) is 36.8 Å². The van der Waals surface area contributed by atoms with Gasteiger partial charge in [-0.15, -0.1) is 0 Å². The Hall–Kier alpha value is -2.24. The molecule has 1 amide bonds. The summed E-state index contributed by atoms with van der Waals surface area (Å²) < 4.78 is 0. The number of benzene rings is 2. The van der Waals surface area contributed by atoms with Gasteiger partial charge in [0.15, 0.2) is 0 Å². The Balaban J connectivity index is 2.16. The molecule has 0 spiro atoms. The molecule has 0 aliphatic heterocycles. The van der Waals surface area contributed by atoms with Gasteiger partial charge in [0.05, 0.1) is 27.4 Å². The number of aryl methyl sites for hydroxylation is 1.